The van der Waals surface area contributed by atoms with E-state index in [-0.39, 0.29) is 5.75 Å². The Morgan fingerprint density at radius 1 is 0.946 bits per heavy atom. The van der Waals surface area contributed by atoms with Gasteiger partial charge in [-0.05, 0) is 73.3 Å². The number of esters is 1. The molecule has 0 aliphatic rings. The van der Waals surface area contributed by atoms with Gasteiger partial charge in [0.15, 0.2) is 17.6 Å². The molecule has 0 fully saturated rings. The Morgan fingerprint density at radius 2 is 1.70 bits per heavy atom. The van der Waals surface area contributed by atoms with E-state index in [0.29, 0.717) is 34.3 Å². The molecule has 0 saturated carbocycles. The van der Waals surface area contributed by atoms with Crippen LogP contribution in [0.25, 0.3) is 10.8 Å². The zero-order valence-electron chi connectivity index (χ0n) is 20.3. The Labute approximate surface area is 219 Å². The number of hydrogen-bond donors (Lipinski definition) is 1. The van der Waals surface area contributed by atoms with Crippen LogP contribution in [0.3, 0.4) is 0 Å². The molecule has 7 nitrogen and oxygen atoms in total. The molecule has 0 bridgehead atoms. The van der Waals surface area contributed by atoms with Crippen molar-refractivity contribution in [3.8, 4) is 17.2 Å². The summed E-state index contributed by atoms with van der Waals surface area (Å²) in [5.41, 5.74) is 3.49. The summed E-state index contributed by atoms with van der Waals surface area (Å²) in [5.74, 6) is 0.317. The summed E-state index contributed by atoms with van der Waals surface area (Å²) in [6, 6.07) is 24.8. The van der Waals surface area contributed by atoms with Crippen LogP contribution in [0.4, 0.5) is 0 Å². The zero-order valence-corrected chi connectivity index (χ0v) is 21.1. The molecule has 1 amide bonds. The Bertz CT molecular complexity index is 1430. The minimum absolute atomic E-state index is 0.264. The second-order valence-corrected chi connectivity index (χ2v) is 8.44. The van der Waals surface area contributed by atoms with Crippen LogP contribution in [0.1, 0.15) is 29.8 Å². The van der Waals surface area contributed by atoms with Gasteiger partial charge < -0.3 is 14.2 Å². The lowest BCUT2D eigenvalue weighted by Crippen LogP contribution is -2.33. The first-order chi connectivity index (χ1) is 17.9. The van der Waals surface area contributed by atoms with Crippen molar-refractivity contribution in [3.63, 3.8) is 0 Å². The fourth-order valence-corrected chi connectivity index (χ4v) is 3.63. The predicted molar refractivity (Wildman–Crippen MR) is 144 cm³/mol. The third-order valence-electron chi connectivity index (χ3n) is 5.36. The fraction of sp³-hybridized carbons (Fsp3) is 0.138. The standard InChI is InChI=1S/C29H25ClN2O5/c1-3-35-27-17-20(11-16-26(27)37-29(34)22-12-14-23(30)15-13-22)18-31-32-28(33)19(2)36-25-10-6-8-21-7-4-5-9-24(21)25/h4-19H,3H2,1-2H3,(H,32,33)/b31-18-/t19-/m0/s1. The lowest BCUT2D eigenvalue weighted by molar-refractivity contribution is -0.127. The predicted octanol–water partition coefficient (Wildman–Crippen LogP) is 6.03. The van der Waals surface area contributed by atoms with Crippen molar-refractivity contribution >= 4 is 40.5 Å². The topological polar surface area (TPSA) is 86.2 Å². The highest BCUT2D eigenvalue weighted by atomic mass is 35.5. The van der Waals surface area contributed by atoms with Crippen molar-refractivity contribution in [2.24, 2.45) is 5.10 Å². The maximum Gasteiger partial charge on any atom is 0.343 e. The van der Waals surface area contributed by atoms with Crippen LogP contribution in [0.2, 0.25) is 5.02 Å². The second-order valence-electron chi connectivity index (χ2n) is 8.01. The lowest BCUT2D eigenvalue weighted by Gasteiger charge is -2.14. The molecule has 1 atom stereocenters. The van der Waals surface area contributed by atoms with E-state index in [1.54, 1.807) is 49.4 Å². The van der Waals surface area contributed by atoms with Crippen molar-refractivity contribution in [2.45, 2.75) is 20.0 Å². The lowest BCUT2D eigenvalue weighted by atomic mass is 10.1. The molecule has 4 aromatic carbocycles. The normalized spacial score (nSPS) is 11.8. The van der Waals surface area contributed by atoms with E-state index in [2.05, 4.69) is 10.5 Å². The second kappa shape index (κ2) is 12.1. The number of halogens is 1. The number of carbonyl (C=O) groups is 2. The van der Waals surface area contributed by atoms with Gasteiger partial charge in [-0.25, -0.2) is 10.2 Å². The van der Waals surface area contributed by atoms with Gasteiger partial charge in [0.05, 0.1) is 18.4 Å². The molecule has 4 aromatic rings. The van der Waals surface area contributed by atoms with Gasteiger partial charge in [-0.1, -0.05) is 48.0 Å². The minimum Gasteiger partial charge on any atom is -0.490 e. The summed E-state index contributed by atoms with van der Waals surface area (Å²) >= 11 is 5.88. The summed E-state index contributed by atoms with van der Waals surface area (Å²) in [7, 11) is 0. The first kappa shape index (κ1) is 25.7. The highest BCUT2D eigenvalue weighted by Crippen LogP contribution is 2.29. The molecule has 0 spiro atoms. The number of nitrogens with one attached hydrogen (secondary N) is 1. The van der Waals surface area contributed by atoms with Crippen LogP contribution in [-0.2, 0) is 4.79 Å². The monoisotopic (exact) mass is 516 g/mol. The highest BCUT2D eigenvalue weighted by Gasteiger charge is 2.16. The van der Waals surface area contributed by atoms with Gasteiger partial charge in [-0.2, -0.15) is 5.10 Å². The maximum atomic E-state index is 12.5. The Kier molecular flexibility index (Phi) is 8.38. The molecule has 188 valence electrons. The third kappa shape index (κ3) is 6.65. The van der Waals surface area contributed by atoms with E-state index in [0.717, 1.165) is 10.8 Å². The minimum atomic E-state index is -0.767. The van der Waals surface area contributed by atoms with Crippen molar-refractivity contribution in [3.05, 3.63) is 101 Å². The molecule has 0 aliphatic carbocycles. The van der Waals surface area contributed by atoms with Gasteiger partial charge in [-0.15, -0.1) is 0 Å². The number of amides is 1. The summed E-state index contributed by atoms with van der Waals surface area (Å²) in [6.45, 7) is 3.85. The van der Waals surface area contributed by atoms with Gasteiger partial charge in [-0.3, -0.25) is 4.79 Å². The van der Waals surface area contributed by atoms with Crippen molar-refractivity contribution in [2.75, 3.05) is 6.61 Å². The van der Waals surface area contributed by atoms with E-state index in [1.807, 2.05) is 49.4 Å². The molecule has 0 saturated heterocycles. The number of rotatable bonds is 9. The van der Waals surface area contributed by atoms with Gasteiger partial charge in [0.25, 0.3) is 5.91 Å². The number of nitrogens with zero attached hydrogens (tertiary/aromatic N) is 1. The molecule has 37 heavy (non-hydrogen) atoms. The third-order valence-corrected chi connectivity index (χ3v) is 5.61. The van der Waals surface area contributed by atoms with Crippen molar-refractivity contribution in [1.29, 1.82) is 0 Å². The van der Waals surface area contributed by atoms with Crippen molar-refractivity contribution < 1.29 is 23.8 Å². The average molecular weight is 517 g/mol. The van der Waals surface area contributed by atoms with Crippen molar-refractivity contribution in [1.82, 2.24) is 5.43 Å². The molecule has 0 aliphatic heterocycles. The highest BCUT2D eigenvalue weighted by molar-refractivity contribution is 6.30. The first-order valence-electron chi connectivity index (χ1n) is 11.7. The molecule has 0 aromatic heterocycles. The molecular weight excluding hydrogens is 492 g/mol. The molecule has 4 rings (SSSR count). The summed E-state index contributed by atoms with van der Waals surface area (Å²) < 4.78 is 17.0. The van der Waals surface area contributed by atoms with Crippen LogP contribution in [-0.4, -0.2) is 30.8 Å². The van der Waals surface area contributed by atoms with Crippen LogP contribution in [0.5, 0.6) is 17.2 Å². The van der Waals surface area contributed by atoms with E-state index in [1.165, 1.54) is 6.21 Å². The van der Waals surface area contributed by atoms with Gasteiger partial charge in [0.2, 0.25) is 0 Å². The molecule has 0 heterocycles. The molecule has 0 radical (unpaired) electrons. The number of carbonyl (C=O) groups excluding carboxylic acids is 2. The summed E-state index contributed by atoms with van der Waals surface area (Å²) in [4.78, 5) is 25.0. The van der Waals surface area contributed by atoms with Gasteiger partial charge in [0.1, 0.15) is 5.75 Å². The van der Waals surface area contributed by atoms with E-state index in [4.69, 9.17) is 25.8 Å². The maximum absolute atomic E-state index is 12.5. The Balaban J connectivity index is 1.39. The van der Waals surface area contributed by atoms with Crippen LogP contribution in [0.15, 0.2) is 90.0 Å². The fourth-order valence-electron chi connectivity index (χ4n) is 3.51. The number of fused-ring (bicyclic) bond motifs is 1. The zero-order chi connectivity index (χ0) is 26.2. The van der Waals surface area contributed by atoms with Crippen LogP contribution < -0.4 is 19.6 Å². The molecular formula is C29H25ClN2O5. The Morgan fingerprint density at radius 3 is 2.49 bits per heavy atom. The van der Waals surface area contributed by atoms with Crippen LogP contribution >= 0.6 is 11.6 Å². The summed E-state index contributed by atoms with van der Waals surface area (Å²) in [6.07, 6.45) is 0.701. The Hall–Kier alpha value is -4.36. The van der Waals surface area contributed by atoms with E-state index in [9.17, 15) is 9.59 Å². The van der Waals surface area contributed by atoms with E-state index < -0.39 is 18.0 Å². The van der Waals surface area contributed by atoms with E-state index >= 15 is 0 Å². The first-order valence-corrected chi connectivity index (χ1v) is 12.0. The van der Waals surface area contributed by atoms with Gasteiger partial charge in [0, 0.05) is 10.4 Å². The largest absolute Gasteiger partial charge is 0.490 e. The number of hydrazone groups is 1. The summed E-state index contributed by atoms with van der Waals surface area (Å²) in [5, 5.41) is 6.51. The molecule has 0 unspecified atom stereocenters. The number of ether oxygens (including phenoxy) is 3. The smallest absolute Gasteiger partial charge is 0.343 e. The van der Waals surface area contributed by atoms with Gasteiger partial charge >= 0.3 is 5.97 Å². The molecule has 1 N–H and O–H groups in total. The van der Waals surface area contributed by atoms with Crippen LogP contribution in [0, 0.1) is 0 Å². The number of hydrogen-bond acceptors (Lipinski definition) is 6. The average Bonchev–Trinajstić information content (AvgIpc) is 2.90. The molecule has 8 heteroatoms. The SMILES string of the molecule is CCOc1cc(/C=N\NC(=O)[C@H](C)Oc2cccc3ccccc23)ccc1OC(=O)c1ccc(Cl)cc1. The quantitative estimate of drug-likeness (QED) is 0.127. The number of benzene rings is 4.